The summed E-state index contributed by atoms with van der Waals surface area (Å²) in [6.45, 7) is 5.71. The molecule has 1 fully saturated rings. The van der Waals surface area contributed by atoms with E-state index in [2.05, 4.69) is 10.2 Å². The number of hydrogen-bond acceptors (Lipinski definition) is 4. The third-order valence-electron chi connectivity index (χ3n) is 4.82. The van der Waals surface area contributed by atoms with Gasteiger partial charge in [0.15, 0.2) is 0 Å². The second-order valence-corrected chi connectivity index (χ2v) is 6.61. The highest BCUT2D eigenvalue weighted by atomic mass is 16.3. The summed E-state index contributed by atoms with van der Waals surface area (Å²) in [7, 11) is 0. The molecule has 1 aliphatic rings. The van der Waals surface area contributed by atoms with Crippen molar-refractivity contribution in [3.63, 3.8) is 0 Å². The van der Waals surface area contributed by atoms with Gasteiger partial charge in [-0.15, -0.1) is 0 Å². The number of aliphatic hydroxyl groups is 2. The molecule has 0 saturated carbocycles. The quantitative estimate of drug-likeness (QED) is 0.749. The molecule has 0 spiro atoms. The number of hydrogen-bond donors (Lipinski definition) is 3. The summed E-state index contributed by atoms with van der Waals surface area (Å²) in [5.41, 5.74) is 1.33. The molecule has 1 amide bonds. The molecule has 0 aromatic heterocycles. The number of nitrogens with zero attached hydrogens (tertiary/aromatic N) is 1. The zero-order valence-corrected chi connectivity index (χ0v) is 14.1. The number of anilines is 1. The first kappa shape index (κ1) is 17.8. The molecule has 5 heteroatoms. The smallest absolute Gasteiger partial charge is 0.251 e. The Kier molecular flexibility index (Phi) is 6.02. The molecule has 2 rings (SSSR count). The standard InChI is InChI=1S/C18H28N2O3/c1-3-18(2,10-13-21)19-17(23)14-4-6-15(7-5-14)20-11-8-16(22)9-12-20/h4-7,16,21-22H,3,8-13H2,1-2H3,(H,19,23). The second-order valence-electron chi connectivity index (χ2n) is 6.61. The molecular weight excluding hydrogens is 292 g/mol. The Morgan fingerprint density at radius 2 is 1.91 bits per heavy atom. The molecule has 0 radical (unpaired) electrons. The minimum Gasteiger partial charge on any atom is -0.396 e. The predicted octanol–water partition coefficient (Wildman–Crippen LogP) is 1.93. The highest BCUT2D eigenvalue weighted by Gasteiger charge is 2.24. The Hall–Kier alpha value is -1.59. The highest BCUT2D eigenvalue weighted by Crippen LogP contribution is 2.21. The molecule has 0 aliphatic carbocycles. The average Bonchev–Trinajstić information content (AvgIpc) is 2.56. The maximum absolute atomic E-state index is 12.4. The van der Waals surface area contributed by atoms with E-state index in [0.717, 1.165) is 38.0 Å². The van der Waals surface area contributed by atoms with E-state index in [4.69, 9.17) is 5.11 Å². The van der Waals surface area contributed by atoms with Crippen LogP contribution in [0.15, 0.2) is 24.3 Å². The van der Waals surface area contributed by atoms with Crippen LogP contribution in [0.1, 0.15) is 49.9 Å². The van der Waals surface area contributed by atoms with Crippen molar-refractivity contribution < 1.29 is 15.0 Å². The van der Waals surface area contributed by atoms with E-state index in [0.29, 0.717) is 12.0 Å². The molecule has 1 atom stereocenters. The maximum atomic E-state index is 12.4. The van der Waals surface area contributed by atoms with Crippen LogP contribution >= 0.6 is 0 Å². The van der Waals surface area contributed by atoms with Gasteiger partial charge >= 0.3 is 0 Å². The van der Waals surface area contributed by atoms with Crippen LogP contribution in [-0.4, -0.2) is 47.5 Å². The third kappa shape index (κ3) is 4.69. The molecule has 128 valence electrons. The molecule has 5 nitrogen and oxygen atoms in total. The number of carbonyl (C=O) groups is 1. The average molecular weight is 320 g/mol. The van der Waals surface area contributed by atoms with Crippen molar-refractivity contribution in [2.45, 2.75) is 51.2 Å². The fourth-order valence-electron chi connectivity index (χ4n) is 2.87. The van der Waals surface area contributed by atoms with Gasteiger partial charge in [-0.25, -0.2) is 0 Å². The number of piperidine rings is 1. The third-order valence-corrected chi connectivity index (χ3v) is 4.82. The zero-order chi connectivity index (χ0) is 16.9. The number of carbonyl (C=O) groups excluding carboxylic acids is 1. The first-order valence-corrected chi connectivity index (χ1v) is 8.44. The van der Waals surface area contributed by atoms with Crippen LogP contribution < -0.4 is 10.2 Å². The minimum atomic E-state index is -0.381. The Morgan fingerprint density at radius 1 is 1.30 bits per heavy atom. The summed E-state index contributed by atoms with van der Waals surface area (Å²) >= 11 is 0. The monoisotopic (exact) mass is 320 g/mol. The largest absolute Gasteiger partial charge is 0.396 e. The van der Waals surface area contributed by atoms with Gasteiger partial charge in [-0.3, -0.25) is 4.79 Å². The first-order chi connectivity index (χ1) is 11.0. The Labute approximate surface area is 138 Å². The molecule has 1 unspecified atom stereocenters. The fourth-order valence-corrected chi connectivity index (χ4v) is 2.87. The van der Waals surface area contributed by atoms with Crippen LogP contribution in [0.25, 0.3) is 0 Å². The van der Waals surface area contributed by atoms with Gasteiger partial charge in [-0.05, 0) is 56.9 Å². The zero-order valence-electron chi connectivity index (χ0n) is 14.1. The van der Waals surface area contributed by atoms with Crippen molar-refractivity contribution in [1.82, 2.24) is 5.32 Å². The van der Waals surface area contributed by atoms with Crippen LogP contribution in [0.2, 0.25) is 0 Å². The lowest BCUT2D eigenvalue weighted by Gasteiger charge is -2.31. The van der Waals surface area contributed by atoms with Gasteiger partial charge < -0.3 is 20.4 Å². The van der Waals surface area contributed by atoms with E-state index in [1.54, 1.807) is 0 Å². The lowest BCUT2D eigenvalue weighted by Crippen LogP contribution is -2.46. The Morgan fingerprint density at radius 3 is 2.43 bits per heavy atom. The lowest BCUT2D eigenvalue weighted by molar-refractivity contribution is 0.0886. The number of benzene rings is 1. The van der Waals surface area contributed by atoms with Gasteiger partial charge in [-0.1, -0.05) is 6.92 Å². The summed E-state index contributed by atoms with van der Waals surface area (Å²) in [4.78, 5) is 14.6. The van der Waals surface area contributed by atoms with Crippen LogP contribution in [0, 0.1) is 0 Å². The summed E-state index contributed by atoms with van der Waals surface area (Å²) in [6.07, 6.45) is 2.71. The van der Waals surface area contributed by atoms with Gasteiger partial charge in [0.05, 0.1) is 6.10 Å². The molecule has 1 saturated heterocycles. The number of rotatable bonds is 6. The maximum Gasteiger partial charge on any atom is 0.251 e. The van der Waals surface area contributed by atoms with Crippen molar-refractivity contribution in [3.8, 4) is 0 Å². The Balaban J connectivity index is 2.00. The predicted molar refractivity (Wildman–Crippen MR) is 91.8 cm³/mol. The van der Waals surface area contributed by atoms with Crippen molar-refractivity contribution in [2.24, 2.45) is 0 Å². The van der Waals surface area contributed by atoms with Gasteiger partial charge in [0.25, 0.3) is 5.91 Å². The van der Waals surface area contributed by atoms with Gasteiger partial charge in [0.1, 0.15) is 0 Å². The van der Waals surface area contributed by atoms with E-state index in [1.807, 2.05) is 38.1 Å². The normalized spacial score (nSPS) is 18.5. The van der Waals surface area contributed by atoms with Crippen LogP contribution in [0.3, 0.4) is 0 Å². The van der Waals surface area contributed by atoms with Crippen molar-refractivity contribution in [3.05, 3.63) is 29.8 Å². The molecular formula is C18H28N2O3. The van der Waals surface area contributed by atoms with Crippen molar-refractivity contribution >= 4 is 11.6 Å². The molecule has 23 heavy (non-hydrogen) atoms. The van der Waals surface area contributed by atoms with E-state index in [9.17, 15) is 9.90 Å². The molecule has 0 bridgehead atoms. The summed E-state index contributed by atoms with van der Waals surface area (Å²) < 4.78 is 0. The van der Waals surface area contributed by atoms with E-state index in [1.165, 1.54) is 0 Å². The Bertz CT molecular complexity index is 510. The summed E-state index contributed by atoms with van der Waals surface area (Å²) in [6, 6.07) is 7.60. The van der Waals surface area contributed by atoms with Crippen LogP contribution in [0.4, 0.5) is 5.69 Å². The minimum absolute atomic E-state index is 0.0599. The second kappa shape index (κ2) is 7.79. The number of amides is 1. The molecule has 1 aromatic rings. The molecule has 1 heterocycles. The topological polar surface area (TPSA) is 72.8 Å². The number of nitrogens with one attached hydrogen (secondary N) is 1. The van der Waals surface area contributed by atoms with Gasteiger partial charge in [-0.2, -0.15) is 0 Å². The van der Waals surface area contributed by atoms with Crippen molar-refractivity contribution in [1.29, 1.82) is 0 Å². The van der Waals surface area contributed by atoms with E-state index >= 15 is 0 Å². The van der Waals surface area contributed by atoms with Crippen LogP contribution in [0.5, 0.6) is 0 Å². The fraction of sp³-hybridized carbons (Fsp3) is 0.611. The highest BCUT2D eigenvalue weighted by molar-refractivity contribution is 5.95. The first-order valence-electron chi connectivity index (χ1n) is 8.44. The molecule has 1 aromatic carbocycles. The van der Waals surface area contributed by atoms with E-state index in [-0.39, 0.29) is 24.2 Å². The lowest BCUT2D eigenvalue weighted by atomic mass is 9.94. The van der Waals surface area contributed by atoms with E-state index < -0.39 is 0 Å². The SMILES string of the molecule is CCC(C)(CCO)NC(=O)c1ccc(N2CCC(O)CC2)cc1. The molecule has 1 aliphatic heterocycles. The van der Waals surface area contributed by atoms with Gasteiger partial charge in [0, 0.05) is 36.5 Å². The van der Waals surface area contributed by atoms with Crippen molar-refractivity contribution in [2.75, 3.05) is 24.6 Å². The molecule has 3 N–H and O–H groups in total. The summed E-state index contributed by atoms with van der Waals surface area (Å²) in [5, 5.41) is 21.7. The van der Waals surface area contributed by atoms with Gasteiger partial charge in [0.2, 0.25) is 0 Å². The number of aliphatic hydroxyl groups excluding tert-OH is 2. The summed E-state index contributed by atoms with van der Waals surface area (Å²) in [5.74, 6) is -0.108. The van der Waals surface area contributed by atoms with Crippen LogP contribution in [-0.2, 0) is 0 Å².